The lowest BCUT2D eigenvalue weighted by Crippen LogP contribution is -2.34. The molecule has 1 saturated heterocycles. The molecule has 0 saturated carbocycles. The number of hydrogen-bond acceptors (Lipinski definition) is 7. The van der Waals surface area contributed by atoms with Gasteiger partial charge in [-0.2, -0.15) is 4.98 Å². The first-order chi connectivity index (χ1) is 14.6. The van der Waals surface area contributed by atoms with E-state index in [4.69, 9.17) is 16.6 Å². The molecule has 1 aliphatic heterocycles. The average molecular weight is 441 g/mol. The van der Waals surface area contributed by atoms with Crippen molar-refractivity contribution in [3.8, 4) is 10.4 Å². The smallest absolute Gasteiger partial charge is 0.245 e. The first-order valence-electron chi connectivity index (χ1n) is 9.84. The van der Waals surface area contributed by atoms with Gasteiger partial charge in [-0.25, -0.2) is 9.50 Å². The van der Waals surface area contributed by atoms with Crippen molar-refractivity contribution in [2.75, 3.05) is 23.4 Å². The van der Waals surface area contributed by atoms with E-state index in [2.05, 4.69) is 26.4 Å². The van der Waals surface area contributed by atoms with Crippen LogP contribution in [0.4, 0.5) is 16.9 Å². The molecule has 154 valence electrons. The maximum Gasteiger partial charge on any atom is 0.245 e. The van der Waals surface area contributed by atoms with Gasteiger partial charge in [-0.05, 0) is 55.2 Å². The minimum atomic E-state index is 0.0587. The highest BCUT2D eigenvalue weighted by molar-refractivity contribution is 7.19. The van der Waals surface area contributed by atoms with Crippen LogP contribution in [-0.4, -0.2) is 43.9 Å². The van der Waals surface area contributed by atoms with Crippen LogP contribution in [0.15, 0.2) is 42.7 Å². The lowest BCUT2D eigenvalue weighted by atomic mass is 10.1. The minimum Gasteiger partial charge on any atom is -0.394 e. The summed E-state index contributed by atoms with van der Waals surface area (Å²) >= 11 is 7.77. The Kier molecular flexibility index (Phi) is 5.06. The van der Waals surface area contributed by atoms with Crippen molar-refractivity contribution < 1.29 is 5.11 Å². The molecule has 1 fully saturated rings. The van der Waals surface area contributed by atoms with Gasteiger partial charge < -0.3 is 15.3 Å². The second-order valence-electron chi connectivity index (χ2n) is 7.44. The lowest BCUT2D eigenvalue weighted by Gasteiger charge is -2.23. The SMILES string of the molecule is Cc1cc(Cl)cc(-c2cnc(Nc3nc(N4CCCC4CO)nn4cccc34)s2)c1. The monoisotopic (exact) mass is 440 g/mol. The first kappa shape index (κ1) is 19.3. The third-order valence-corrected chi connectivity index (χ3v) is 6.46. The fourth-order valence-corrected chi connectivity index (χ4v) is 4.96. The van der Waals surface area contributed by atoms with Gasteiger partial charge in [0, 0.05) is 24.0 Å². The van der Waals surface area contributed by atoms with Crippen LogP contribution < -0.4 is 10.2 Å². The van der Waals surface area contributed by atoms with Crippen molar-refractivity contribution in [3.63, 3.8) is 0 Å². The summed E-state index contributed by atoms with van der Waals surface area (Å²) in [5, 5.41) is 19.2. The molecule has 4 heterocycles. The highest BCUT2D eigenvalue weighted by atomic mass is 35.5. The largest absolute Gasteiger partial charge is 0.394 e. The van der Waals surface area contributed by atoms with Gasteiger partial charge in [0.15, 0.2) is 10.9 Å². The number of thiazole rings is 1. The van der Waals surface area contributed by atoms with Crippen LogP contribution in [-0.2, 0) is 0 Å². The van der Waals surface area contributed by atoms with Gasteiger partial charge in [0.05, 0.1) is 17.5 Å². The van der Waals surface area contributed by atoms with Gasteiger partial charge in [0.25, 0.3) is 0 Å². The Morgan fingerprint density at radius 2 is 2.23 bits per heavy atom. The number of benzene rings is 1. The van der Waals surface area contributed by atoms with E-state index in [1.54, 1.807) is 11.3 Å². The number of aliphatic hydroxyl groups excluding tert-OH is 1. The minimum absolute atomic E-state index is 0.0587. The first-order valence-corrected chi connectivity index (χ1v) is 11.0. The molecule has 0 bridgehead atoms. The van der Waals surface area contributed by atoms with E-state index in [1.807, 2.05) is 48.1 Å². The van der Waals surface area contributed by atoms with Crippen molar-refractivity contribution >= 4 is 45.4 Å². The fraction of sp³-hybridized carbons (Fsp3) is 0.286. The van der Waals surface area contributed by atoms with Gasteiger partial charge in [-0.15, -0.1) is 5.10 Å². The lowest BCUT2D eigenvalue weighted by molar-refractivity contribution is 0.265. The summed E-state index contributed by atoms with van der Waals surface area (Å²) in [6.07, 6.45) is 5.72. The van der Waals surface area contributed by atoms with Crippen LogP contribution in [0.1, 0.15) is 18.4 Å². The third kappa shape index (κ3) is 3.62. The molecule has 9 heteroatoms. The van der Waals surface area contributed by atoms with Crippen molar-refractivity contribution in [3.05, 3.63) is 53.3 Å². The van der Waals surface area contributed by atoms with E-state index >= 15 is 0 Å². The Hall–Kier alpha value is -2.68. The normalized spacial score (nSPS) is 16.5. The molecular formula is C21H21ClN6OS. The summed E-state index contributed by atoms with van der Waals surface area (Å²) in [4.78, 5) is 12.4. The van der Waals surface area contributed by atoms with E-state index in [0.29, 0.717) is 16.8 Å². The third-order valence-electron chi connectivity index (χ3n) is 5.28. The summed E-state index contributed by atoms with van der Waals surface area (Å²) < 4.78 is 1.81. The number of aryl methyl sites for hydroxylation is 1. The zero-order chi connectivity index (χ0) is 20.7. The molecule has 30 heavy (non-hydrogen) atoms. The number of nitrogens with one attached hydrogen (secondary N) is 1. The van der Waals surface area contributed by atoms with Gasteiger partial charge in [0.1, 0.15) is 5.52 Å². The van der Waals surface area contributed by atoms with Gasteiger partial charge in [-0.3, -0.25) is 0 Å². The number of anilines is 3. The predicted octanol–water partition coefficient (Wildman–Crippen LogP) is 4.52. The quantitative estimate of drug-likeness (QED) is 0.475. The number of hydrogen-bond donors (Lipinski definition) is 2. The van der Waals surface area contributed by atoms with Gasteiger partial charge in [0.2, 0.25) is 5.95 Å². The van der Waals surface area contributed by atoms with Crippen LogP contribution in [0.25, 0.3) is 16.0 Å². The molecule has 0 aliphatic carbocycles. The Balaban J connectivity index is 1.48. The second kappa shape index (κ2) is 7.86. The van der Waals surface area contributed by atoms with Gasteiger partial charge in [-0.1, -0.05) is 29.0 Å². The molecule has 7 nitrogen and oxygen atoms in total. The van der Waals surface area contributed by atoms with Crippen molar-refractivity contribution in [2.45, 2.75) is 25.8 Å². The van der Waals surface area contributed by atoms with Crippen LogP contribution in [0.3, 0.4) is 0 Å². The molecule has 4 aromatic rings. The summed E-state index contributed by atoms with van der Waals surface area (Å²) in [6, 6.07) is 9.95. The molecular weight excluding hydrogens is 420 g/mol. The maximum absolute atomic E-state index is 9.69. The predicted molar refractivity (Wildman–Crippen MR) is 121 cm³/mol. The van der Waals surface area contributed by atoms with Crippen LogP contribution in [0, 0.1) is 6.92 Å². The van der Waals surface area contributed by atoms with Crippen LogP contribution in [0.5, 0.6) is 0 Å². The number of nitrogens with zero attached hydrogens (tertiary/aromatic N) is 5. The molecule has 1 aromatic carbocycles. The number of rotatable bonds is 5. The van der Waals surface area contributed by atoms with E-state index < -0.39 is 0 Å². The van der Waals surface area contributed by atoms with Crippen molar-refractivity contribution in [1.29, 1.82) is 0 Å². The second-order valence-corrected chi connectivity index (χ2v) is 8.91. The van der Waals surface area contributed by atoms with Gasteiger partial charge >= 0.3 is 0 Å². The van der Waals surface area contributed by atoms with Crippen molar-refractivity contribution in [1.82, 2.24) is 19.6 Å². The Bertz CT molecular complexity index is 1190. The van der Waals surface area contributed by atoms with E-state index in [9.17, 15) is 5.11 Å². The van der Waals surface area contributed by atoms with E-state index in [0.717, 1.165) is 46.0 Å². The Morgan fingerprint density at radius 3 is 3.07 bits per heavy atom. The molecule has 3 aromatic heterocycles. The standard InChI is InChI=1S/C21H21ClN6OS/c1-13-8-14(10-15(22)9-13)18-11-23-21(30-18)25-19-17-5-3-7-28(17)26-20(24-19)27-6-2-4-16(27)12-29/h3,5,7-11,16,29H,2,4,6,12H2,1H3,(H,23,24,25,26). The highest BCUT2D eigenvalue weighted by Gasteiger charge is 2.27. The molecule has 1 aliphatic rings. The zero-order valence-corrected chi connectivity index (χ0v) is 18.0. The number of halogens is 1. The molecule has 2 N–H and O–H groups in total. The number of aromatic nitrogens is 4. The average Bonchev–Trinajstić information content (AvgIpc) is 3.47. The zero-order valence-electron chi connectivity index (χ0n) is 16.4. The fourth-order valence-electron chi connectivity index (χ4n) is 3.87. The molecule has 5 rings (SSSR count). The van der Waals surface area contributed by atoms with Crippen LogP contribution in [0.2, 0.25) is 5.02 Å². The van der Waals surface area contributed by atoms with Crippen LogP contribution >= 0.6 is 22.9 Å². The van der Waals surface area contributed by atoms with E-state index in [1.165, 1.54) is 0 Å². The number of fused-ring (bicyclic) bond motifs is 1. The Labute approximate surface area is 183 Å². The summed E-state index contributed by atoms with van der Waals surface area (Å²) in [5.74, 6) is 1.30. The highest BCUT2D eigenvalue weighted by Crippen LogP contribution is 2.34. The topological polar surface area (TPSA) is 78.6 Å². The van der Waals surface area contributed by atoms with E-state index in [-0.39, 0.29) is 12.6 Å². The molecule has 1 atom stereocenters. The summed E-state index contributed by atoms with van der Waals surface area (Å²) in [6.45, 7) is 2.97. The molecule has 0 radical (unpaired) electrons. The molecule has 0 amide bonds. The molecule has 0 spiro atoms. The maximum atomic E-state index is 9.69. The summed E-state index contributed by atoms with van der Waals surface area (Å²) in [5.41, 5.74) is 3.03. The molecule has 1 unspecified atom stereocenters. The Morgan fingerprint density at radius 1 is 1.33 bits per heavy atom. The van der Waals surface area contributed by atoms with Crippen molar-refractivity contribution in [2.24, 2.45) is 0 Å². The number of aliphatic hydroxyl groups is 1. The summed E-state index contributed by atoms with van der Waals surface area (Å²) in [7, 11) is 0.